The molecule has 0 aliphatic carbocycles. The first-order chi connectivity index (χ1) is 12.2. The van der Waals surface area contributed by atoms with Gasteiger partial charge in [-0.1, -0.05) is 48.5 Å². The van der Waals surface area contributed by atoms with Crippen molar-refractivity contribution in [3.8, 4) is 0 Å². The summed E-state index contributed by atoms with van der Waals surface area (Å²) in [5.41, 5.74) is 0.707. The van der Waals surface area contributed by atoms with E-state index in [1.807, 2.05) is 48.5 Å². The van der Waals surface area contributed by atoms with Crippen LogP contribution < -0.4 is 0 Å². The van der Waals surface area contributed by atoms with E-state index in [0.29, 0.717) is 31.6 Å². The Bertz CT molecular complexity index is 729. The lowest BCUT2D eigenvalue weighted by Gasteiger charge is -2.36. The molecule has 1 atom stereocenters. The highest BCUT2D eigenvalue weighted by atomic mass is 16.5. The summed E-state index contributed by atoms with van der Waals surface area (Å²) in [4.78, 5) is 27.7. The van der Waals surface area contributed by atoms with Crippen LogP contribution in [-0.2, 0) is 16.0 Å². The zero-order chi connectivity index (χ0) is 17.7. The van der Waals surface area contributed by atoms with E-state index in [4.69, 9.17) is 4.74 Å². The van der Waals surface area contributed by atoms with Gasteiger partial charge in [-0.2, -0.15) is 0 Å². The van der Waals surface area contributed by atoms with E-state index in [9.17, 15) is 9.59 Å². The lowest BCUT2D eigenvalue weighted by molar-refractivity contribution is -0.154. The number of ether oxygens (including phenoxy) is 1. The number of likely N-dealkylation sites (tertiary alicyclic amines) is 1. The summed E-state index contributed by atoms with van der Waals surface area (Å²) < 4.78 is 5.38. The summed E-state index contributed by atoms with van der Waals surface area (Å²) in [5, 5.41) is 0. The van der Waals surface area contributed by atoms with Crippen molar-refractivity contribution in [2.75, 3.05) is 13.2 Å². The Morgan fingerprint density at radius 2 is 1.68 bits per heavy atom. The Kier molecular flexibility index (Phi) is 5.17. The third-order valence-corrected chi connectivity index (χ3v) is 4.75. The Morgan fingerprint density at radius 1 is 1.04 bits per heavy atom. The van der Waals surface area contributed by atoms with E-state index in [1.54, 1.807) is 24.0 Å². The second kappa shape index (κ2) is 7.51. The molecule has 1 aliphatic heterocycles. The monoisotopic (exact) mass is 337 g/mol. The molecule has 2 aromatic carbocycles. The number of carbonyl (C=O) groups is 2. The van der Waals surface area contributed by atoms with Crippen molar-refractivity contribution < 1.29 is 14.3 Å². The maximum Gasteiger partial charge on any atom is 0.332 e. The Morgan fingerprint density at radius 3 is 2.32 bits per heavy atom. The first kappa shape index (κ1) is 17.2. The zero-order valence-electron chi connectivity index (χ0n) is 14.5. The molecule has 1 heterocycles. The van der Waals surface area contributed by atoms with Crippen LogP contribution in [0.5, 0.6) is 0 Å². The van der Waals surface area contributed by atoms with Crippen molar-refractivity contribution in [1.29, 1.82) is 0 Å². The molecule has 0 spiro atoms. The molecule has 3 rings (SSSR count). The van der Waals surface area contributed by atoms with Crippen molar-refractivity contribution in [2.24, 2.45) is 0 Å². The molecule has 130 valence electrons. The normalized spacial score (nSPS) is 19.6. The maximum atomic E-state index is 13.1. The maximum absolute atomic E-state index is 13.1. The van der Waals surface area contributed by atoms with Crippen LogP contribution in [0.1, 0.15) is 35.7 Å². The van der Waals surface area contributed by atoms with Gasteiger partial charge < -0.3 is 9.64 Å². The molecule has 4 nitrogen and oxygen atoms in total. The van der Waals surface area contributed by atoms with Crippen LogP contribution in [0, 0.1) is 0 Å². The molecule has 2 aromatic rings. The van der Waals surface area contributed by atoms with Gasteiger partial charge in [-0.05, 0) is 37.5 Å². The summed E-state index contributed by atoms with van der Waals surface area (Å²) in [7, 11) is 0. The summed E-state index contributed by atoms with van der Waals surface area (Å²) in [6.07, 6.45) is 1.90. The topological polar surface area (TPSA) is 46.6 Å². The smallest absolute Gasteiger partial charge is 0.332 e. The predicted octanol–water partition coefficient (Wildman–Crippen LogP) is 3.47. The summed E-state index contributed by atoms with van der Waals surface area (Å²) in [5.74, 6) is -0.414. The molecule has 1 amide bonds. The fourth-order valence-electron chi connectivity index (χ4n) is 3.58. The molecular formula is C21H23NO3. The number of benzene rings is 2. The van der Waals surface area contributed by atoms with Gasteiger partial charge in [0.15, 0.2) is 0 Å². The molecule has 0 aromatic heterocycles. The second-order valence-electron chi connectivity index (χ2n) is 6.34. The van der Waals surface area contributed by atoms with E-state index in [0.717, 1.165) is 12.0 Å². The van der Waals surface area contributed by atoms with Crippen molar-refractivity contribution in [1.82, 2.24) is 4.90 Å². The lowest BCUT2D eigenvalue weighted by Crippen LogP contribution is -2.55. The van der Waals surface area contributed by atoms with Gasteiger partial charge in [-0.15, -0.1) is 0 Å². The number of esters is 1. The molecule has 0 unspecified atom stereocenters. The highest BCUT2D eigenvalue weighted by molar-refractivity contribution is 5.98. The quantitative estimate of drug-likeness (QED) is 0.785. The summed E-state index contributed by atoms with van der Waals surface area (Å²) in [6, 6.07) is 19.0. The van der Waals surface area contributed by atoms with Gasteiger partial charge in [0.05, 0.1) is 6.61 Å². The van der Waals surface area contributed by atoms with E-state index in [2.05, 4.69) is 0 Å². The van der Waals surface area contributed by atoms with Gasteiger partial charge in [0.25, 0.3) is 5.91 Å². The van der Waals surface area contributed by atoms with Crippen LogP contribution in [0.25, 0.3) is 0 Å². The van der Waals surface area contributed by atoms with Gasteiger partial charge in [0, 0.05) is 18.5 Å². The molecule has 0 saturated carbocycles. The zero-order valence-corrected chi connectivity index (χ0v) is 14.5. The number of hydrogen-bond donors (Lipinski definition) is 0. The molecule has 0 radical (unpaired) electrons. The largest absolute Gasteiger partial charge is 0.464 e. The lowest BCUT2D eigenvalue weighted by atomic mass is 9.87. The third kappa shape index (κ3) is 3.43. The van der Waals surface area contributed by atoms with Gasteiger partial charge in [-0.3, -0.25) is 4.79 Å². The van der Waals surface area contributed by atoms with Gasteiger partial charge in [-0.25, -0.2) is 4.79 Å². The van der Waals surface area contributed by atoms with Gasteiger partial charge >= 0.3 is 5.97 Å². The number of carbonyl (C=O) groups excluding carboxylic acids is 2. The van der Waals surface area contributed by atoms with E-state index in [-0.39, 0.29) is 11.9 Å². The van der Waals surface area contributed by atoms with Crippen molar-refractivity contribution in [3.05, 3.63) is 71.8 Å². The number of rotatable bonds is 5. The van der Waals surface area contributed by atoms with Crippen LogP contribution in [0.15, 0.2) is 60.7 Å². The van der Waals surface area contributed by atoms with Crippen molar-refractivity contribution in [2.45, 2.75) is 31.7 Å². The average molecular weight is 337 g/mol. The van der Waals surface area contributed by atoms with E-state index < -0.39 is 5.54 Å². The Balaban J connectivity index is 1.97. The molecule has 0 bridgehead atoms. The number of amides is 1. The minimum atomic E-state index is -0.926. The van der Waals surface area contributed by atoms with Crippen LogP contribution >= 0.6 is 0 Å². The second-order valence-corrected chi connectivity index (χ2v) is 6.34. The minimum Gasteiger partial charge on any atom is -0.464 e. The fourth-order valence-corrected chi connectivity index (χ4v) is 3.58. The van der Waals surface area contributed by atoms with Crippen LogP contribution in [-0.4, -0.2) is 35.5 Å². The molecule has 1 fully saturated rings. The SMILES string of the molecule is CCOC(=O)[C@@]1(Cc2ccccc2)CCCN1C(=O)c1ccccc1. The van der Waals surface area contributed by atoms with Gasteiger partial charge in [0.1, 0.15) is 5.54 Å². The molecular weight excluding hydrogens is 314 g/mol. The first-order valence-corrected chi connectivity index (χ1v) is 8.75. The predicted molar refractivity (Wildman–Crippen MR) is 96.2 cm³/mol. The van der Waals surface area contributed by atoms with Crippen molar-refractivity contribution >= 4 is 11.9 Å². The van der Waals surface area contributed by atoms with Crippen molar-refractivity contribution in [3.63, 3.8) is 0 Å². The highest BCUT2D eigenvalue weighted by Gasteiger charge is 2.50. The van der Waals surface area contributed by atoms with E-state index in [1.165, 1.54) is 0 Å². The molecule has 4 heteroatoms. The van der Waals surface area contributed by atoms with E-state index >= 15 is 0 Å². The first-order valence-electron chi connectivity index (χ1n) is 8.75. The average Bonchev–Trinajstić information content (AvgIpc) is 3.07. The molecule has 25 heavy (non-hydrogen) atoms. The number of nitrogens with zero attached hydrogens (tertiary/aromatic N) is 1. The fraction of sp³-hybridized carbons (Fsp3) is 0.333. The summed E-state index contributed by atoms with van der Waals surface area (Å²) >= 11 is 0. The molecule has 1 aliphatic rings. The Labute approximate surface area is 148 Å². The van der Waals surface area contributed by atoms with Crippen LogP contribution in [0.2, 0.25) is 0 Å². The number of hydrogen-bond acceptors (Lipinski definition) is 3. The molecule has 0 N–H and O–H groups in total. The minimum absolute atomic E-state index is 0.109. The summed E-state index contributed by atoms with van der Waals surface area (Å²) in [6.45, 7) is 2.68. The third-order valence-electron chi connectivity index (χ3n) is 4.75. The van der Waals surface area contributed by atoms with Crippen LogP contribution in [0.3, 0.4) is 0 Å². The van der Waals surface area contributed by atoms with Crippen LogP contribution in [0.4, 0.5) is 0 Å². The highest BCUT2D eigenvalue weighted by Crippen LogP contribution is 2.35. The van der Waals surface area contributed by atoms with Gasteiger partial charge in [0.2, 0.25) is 0 Å². The Hall–Kier alpha value is -2.62. The molecule has 1 saturated heterocycles. The standard InChI is InChI=1S/C21H23NO3/c1-2-25-20(24)21(16-17-10-5-3-6-11-17)14-9-15-22(21)19(23)18-12-7-4-8-13-18/h3-8,10-13H,2,9,14-16H2,1H3/t21-/m0/s1.